The summed E-state index contributed by atoms with van der Waals surface area (Å²) in [6.45, 7) is 2.06. The van der Waals surface area contributed by atoms with Crippen molar-refractivity contribution in [2.24, 2.45) is 0 Å². The van der Waals surface area contributed by atoms with E-state index in [-0.39, 0.29) is 11.9 Å². The maximum Gasteiger partial charge on any atom is 0.272 e. The van der Waals surface area contributed by atoms with E-state index in [0.29, 0.717) is 5.69 Å². The van der Waals surface area contributed by atoms with Gasteiger partial charge in [-0.3, -0.25) is 9.89 Å². The molecule has 1 unspecified atom stereocenters. The number of rotatable bonds is 5. The third-order valence-corrected chi connectivity index (χ3v) is 4.42. The molecule has 0 aliphatic heterocycles. The summed E-state index contributed by atoms with van der Waals surface area (Å²) in [7, 11) is 0. The van der Waals surface area contributed by atoms with Gasteiger partial charge in [-0.25, -0.2) is 0 Å². The third-order valence-electron chi connectivity index (χ3n) is 3.51. The number of hydrogen-bond donors (Lipinski definition) is 2. The summed E-state index contributed by atoms with van der Waals surface area (Å²) in [4.78, 5) is 13.5. The van der Waals surface area contributed by atoms with Crippen molar-refractivity contribution in [3.63, 3.8) is 0 Å². The first-order valence-corrected chi connectivity index (χ1v) is 8.11. The van der Waals surface area contributed by atoms with Crippen LogP contribution in [-0.4, -0.2) is 16.1 Å². The number of nitrogens with one attached hydrogen (secondary N) is 2. The summed E-state index contributed by atoms with van der Waals surface area (Å²) in [5.41, 5.74) is 2.39. The second-order valence-corrected chi connectivity index (χ2v) is 5.94. The van der Waals surface area contributed by atoms with Crippen molar-refractivity contribution in [3.05, 3.63) is 65.2 Å². The van der Waals surface area contributed by atoms with Crippen molar-refractivity contribution in [2.45, 2.75) is 19.4 Å². The summed E-state index contributed by atoms with van der Waals surface area (Å²) >= 11 is 1.61. The van der Waals surface area contributed by atoms with E-state index < -0.39 is 0 Å². The van der Waals surface area contributed by atoms with E-state index in [1.807, 2.05) is 47.8 Å². The number of benzene rings is 1. The summed E-state index contributed by atoms with van der Waals surface area (Å²) in [5.74, 6) is -0.158. The number of amides is 1. The second kappa shape index (κ2) is 6.58. The summed E-state index contributed by atoms with van der Waals surface area (Å²) in [6.07, 6.45) is 0.831. The first-order valence-electron chi connectivity index (χ1n) is 7.23. The maximum atomic E-state index is 12.4. The van der Waals surface area contributed by atoms with Gasteiger partial charge in [-0.2, -0.15) is 5.10 Å². The number of hydrogen-bond acceptors (Lipinski definition) is 3. The zero-order valence-corrected chi connectivity index (χ0v) is 13.1. The highest BCUT2D eigenvalue weighted by molar-refractivity contribution is 7.13. The number of nitrogens with zero attached hydrogens (tertiary/aromatic N) is 1. The minimum Gasteiger partial charge on any atom is -0.344 e. The molecule has 0 aliphatic carbocycles. The summed E-state index contributed by atoms with van der Waals surface area (Å²) in [6, 6.07) is 15.7. The monoisotopic (exact) mass is 311 g/mol. The maximum absolute atomic E-state index is 12.4. The molecule has 1 aromatic carbocycles. The normalized spacial score (nSPS) is 12.0. The molecule has 0 bridgehead atoms. The van der Waals surface area contributed by atoms with Crippen LogP contribution in [0.15, 0.2) is 53.9 Å². The van der Waals surface area contributed by atoms with Crippen molar-refractivity contribution in [1.82, 2.24) is 15.5 Å². The molecule has 0 fully saturated rings. The molecule has 0 radical (unpaired) electrons. The molecule has 2 heterocycles. The highest BCUT2D eigenvalue weighted by Crippen LogP contribution is 2.23. The van der Waals surface area contributed by atoms with E-state index in [9.17, 15) is 4.79 Å². The lowest BCUT2D eigenvalue weighted by Gasteiger charge is -2.16. The SMILES string of the molecule is CCC(NC(=O)c1cc(-c2cccs2)[nH]n1)c1ccccc1. The fourth-order valence-electron chi connectivity index (χ4n) is 2.33. The van der Waals surface area contributed by atoms with Crippen LogP contribution < -0.4 is 5.32 Å². The zero-order valence-electron chi connectivity index (χ0n) is 12.2. The van der Waals surface area contributed by atoms with Crippen LogP contribution in [0.3, 0.4) is 0 Å². The molecule has 22 heavy (non-hydrogen) atoms. The zero-order chi connectivity index (χ0) is 15.4. The lowest BCUT2D eigenvalue weighted by Crippen LogP contribution is -2.28. The molecular formula is C17H17N3OS. The van der Waals surface area contributed by atoms with Crippen LogP contribution in [0.1, 0.15) is 35.4 Å². The second-order valence-electron chi connectivity index (χ2n) is 4.99. The lowest BCUT2D eigenvalue weighted by molar-refractivity contribution is 0.0930. The average molecular weight is 311 g/mol. The number of aromatic nitrogens is 2. The average Bonchev–Trinajstić information content (AvgIpc) is 3.23. The van der Waals surface area contributed by atoms with Gasteiger partial charge in [-0.05, 0) is 29.5 Å². The highest BCUT2D eigenvalue weighted by atomic mass is 32.1. The largest absolute Gasteiger partial charge is 0.344 e. The Balaban J connectivity index is 1.74. The molecule has 2 aromatic heterocycles. The molecule has 1 amide bonds. The molecule has 0 spiro atoms. The van der Waals surface area contributed by atoms with E-state index >= 15 is 0 Å². The van der Waals surface area contributed by atoms with Crippen LogP contribution in [-0.2, 0) is 0 Å². The van der Waals surface area contributed by atoms with Crippen LogP contribution in [0.25, 0.3) is 10.6 Å². The van der Waals surface area contributed by atoms with Gasteiger partial charge >= 0.3 is 0 Å². The van der Waals surface area contributed by atoms with Crippen molar-refractivity contribution >= 4 is 17.2 Å². The third kappa shape index (κ3) is 3.09. The molecule has 4 nitrogen and oxygen atoms in total. The van der Waals surface area contributed by atoms with Gasteiger partial charge in [0.1, 0.15) is 0 Å². The first kappa shape index (κ1) is 14.5. The fourth-order valence-corrected chi connectivity index (χ4v) is 3.03. The van der Waals surface area contributed by atoms with Crippen molar-refractivity contribution in [1.29, 1.82) is 0 Å². The van der Waals surface area contributed by atoms with Crippen molar-refractivity contribution in [2.75, 3.05) is 0 Å². The lowest BCUT2D eigenvalue weighted by atomic mass is 10.0. The topological polar surface area (TPSA) is 57.8 Å². The van der Waals surface area contributed by atoms with Crippen LogP contribution >= 0.6 is 11.3 Å². The van der Waals surface area contributed by atoms with E-state index in [4.69, 9.17) is 0 Å². The highest BCUT2D eigenvalue weighted by Gasteiger charge is 2.16. The molecule has 0 aliphatic rings. The Morgan fingerprint density at radius 2 is 2.09 bits per heavy atom. The molecule has 3 aromatic rings. The Kier molecular flexibility index (Phi) is 4.34. The van der Waals surface area contributed by atoms with Crippen LogP contribution in [0.2, 0.25) is 0 Å². The number of carbonyl (C=O) groups is 1. The van der Waals surface area contributed by atoms with Gasteiger partial charge in [-0.15, -0.1) is 11.3 Å². The van der Waals surface area contributed by atoms with Gasteiger partial charge in [0, 0.05) is 0 Å². The van der Waals surface area contributed by atoms with Crippen LogP contribution in [0.4, 0.5) is 0 Å². The molecule has 2 N–H and O–H groups in total. The Hall–Kier alpha value is -2.40. The quantitative estimate of drug-likeness (QED) is 0.747. The summed E-state index contributed by atoms with van der Waals surface area (Å²) in [5, 5.41) is 12.1. The molecule has 0 saturated heterocycles. The van der Waals surface area contributed by atoms with E-state index in [0.717, 1.165) is 22.6 Å². The van der Waals surface area contributed by atoms with Crippen LogP contribution in [0.5, 0.6) is 0 Å². The Labute approximate surface area is 133 Å². The Bertz CT molecular complexity index is 734. The van der Waals surface area contributed by atoms with Gasteiger partial charge in [0.2, 0.25) is 0 Å². The number of carbonyl (C=O) groups excluding carboxylic acids is 1. The van der Waals surface area contributed by atoms with E-state index in [1.165, 1.54) is 0 Å². The number of thiophene rings is 1. The molecule has 5 heteroatoms. The standard InChI is InChI=1S/C17H17N3OS/c1-2-13(12-7-4-3-5-8-12)18-17(21)15-11-14(19-20-15)16-9-6-10-22-16/h3-11,13H,2H2,1H3,(H,18,21)(H,19,20). The smallest absolute Gasteiger partial charge is 0.272 e. The first-order chi connectivity index (χ1) is 10.8. The molecule has 3 rings (SSSR count). The predicted octanol–water partition coefficient (Wildman–Crippen LogP) is 4.02. The predicted molar refractivity (Wildman–Crippen MR) is 88.8 cm³/mol. The molecular weight excluding hydrogens is 294 g/mol. The molecule has 1 atom stereocenters. The van der Waals surface area contributed by atoms with Gasteiger partial charge < -0.3 is 5.32 Å². The van der Waals surface area contributed by atoms with Gasteiger partial charge in [-0.1, -0.05) is 43.3 Å². The number of aromatic amines is 1. The van der Waals surface area contributed by atoms with Crippen LogP contribution in [0, 0.1) is 0 Å². The van der Waals surface area contributed by atoms with Gasteiger partial charge in [0.15, 0.2) is 5.69 Å². The van der Waals surface area contributed by atoms with E-state index in [2.05, 4.69) is 22.4 Å². The van der Waals surface area contributed by atoms with Crippen molar-refractivity contribution < 1.29 is 4.79 Å². The van der Waals surface area contributed by atoms with Crippen molar-refractivity contribution in [3.8, 4) is 10.6 Å². The molecule has 112 valence electrons. The minimum atomic E-state index is -0.158. The van der Waals surface area contributed by atoms with E-state index in [1.54, 1.807) is 17.4 Å². The van der Waals surface area contributed by atoms with Gasteiger partial charge in [0.25, 0.3) is 5.91 Å². The molecule has 0 saturated carbocycles. The fraction of sp³-hybridized carbons (Fsp3) is 0.176. The summed E-state index contributed by atoms with van der Waals surface area (Å²) < 4.78 is 0. The number of H-pyrrole nitrogens is 1. The Morgan fingerprint density at radius 1 is 1.27 bits per heavy atom. The Morgan fingerprint density at radius 3 is 2.77 bits per heavy atom. The van der Waals surface area contributed by atoms with Gasteiger partial charge in [0.05, 0.1) is 16.6 Å². The minimum absolute atomic E-state index is 0.00409.